The van der Waals surface area contributed by atoms with Crippen molar-refractivity contribution < 1.29 is 4.39 Å². The van der Waals surface area contributed by atoms with Gasteiger partial charge in [0.15, 0.2) is 0 Å². The molecule has 18 heavy (non-hydrogen) atoms. The van der Waals surface area contributed by atoms with Gasteiger partial charge in [0.1, 0.15) is 5.82 Å². The van der Waals surface area contributed by atoms with Gasteiger partial charge in [-0.15, -0.1) is 0 Å². The smallest absolute Gasteiger partial charge is 0.131 e. The number of aryl methyl sites for hydroxylation is 1. The monoisotopic (exact) mass is 241 g/mol. The Morgan fingerprint density at radius 3 is 2.78 bits per heavy atom. The van der Waals surface area contributed by atoms with Gasteiger partial charge in [-0.05, 0) is 48.1 Å². The second-order valence-corrected chi connectivity index (χ2v) is 4.89. The number of hydrogen-bond acceptors (Lipinski definition) is 1. The molecule has 0 saturated carbocycles. The van der Waals surface area contributed by atoms with Gasteiger partial charge in [-0.1, -0.05) is 30.3 Å². The Morgan fingerprint density at radius 1 is 1.11 bits per heavy atom. The van der Waals surface area contributed by atoms with Crippen LogP contribution in [0.1, 0.15) is 30.0 Å². The van der Waals surface area contributed by atoms with Gasteiger partial charge in [0, 0.05) is 11.6 Å². The van der Waals surface area contributed by atoms with Crippen molar-refractivity contribution in [3.8, 4) is 11.1 Å². The van der Waals surface area contributed by atoms with Crippen molar-refractivity contribution in [2.45, 2.75) is 25.3 Å². The minimum absolute atomic E-state index is 0.0977. The van der Waals surface area contributed by atoms with Crippen molar-refractivity contribution >= 4 is 0 Å². The Balaban J connectivity index is 2.10. The van der Waals surface area contributed by atoms with Crippen LogP contribution in [0.5, 0.6) is 0 Å². The Labute approximate surface area is 106 Å². The molecular formula is C16H16FN. The topological polar surface area (TPSA) is 26.0 Å². The summed E-state index contributed by atoms with van der Waals surface area (Å²) in [4.78, 5) is 0. The molecule has 0 saturated heterocycles. The third kappa shape index (κ3) is 1.93. The SMILES string of the molecule is NC1CCCc2ccc(-c3ccccc3F)cc21. The quantitative estimate of drug-likeness (QED) is 0.806. The lowest BCUT2D eigenvalue weighted by Crippen LogP contribution is -2.17. The molecule has 0 fully saturated rings. The maximum Gasteiger partial charge on any atom is 0.131 e. The molecule has 0 amide bonds. The summed E-state index contributed by atoms with van der Waals surface area (Å²) < 4.78 is 13.8. The molecule has 2 aromatic carbocycles. The number of nitrogens with two attached hydrogens (primary N) is 1. The van der Waals surface area contributed by atoms with Gasteiger partial charge >= 0.3 is 0 Å². The van der Waals surface area contributed by atoms with Crippen LogP contribution in [-0.2, 0) is 6.42 Å². The first kappa shape index (κ1) is 11.4. The fourth-order valence-electron chi connectivity index (χ4n) is 2.70. The molecular weight excluding hydrogens is 225 g/mol. The van der Waals surface area contributed by atoms with Crippen molar-refractivity contribution in [1.82, 2.24) is 0 Å². The predicted octanol–water partition coefficient (Wildman–Crippen LogP) is 3.83. The molecule has 1 aliphatic carbocycles. The second kappa shape index (κ2) is 4.54. The lowest BCUT2D eigenvalue weighted by atomic mass is 9.86. The fraction of sp³-hybridized carbons (Fsp3) is 0.250. The molecule has 2 N–H and O–H groups in total. The van der Waals surface area contributed by atoms with Crippen molar-refractivity contribution in [3.63, 3.8) is 0 Å². The van der Waals surface area contributed by atoms with Gasteiger partial charge in [0.25, 0.3) is 0 Å². The first-order chi connectivity index (χ1) is 8.75. The summed E-state index contributed by atoms with van der Waals surface area (Å²) in [5.74, 6) is -0.179. The van der Waals surface area contributed by atoms with Crippen LogP contribution in [0, 0.1) is 5.82 Å². The van der Waals surface area contributed by atoms with Gasteiger partial charge in [0.2, 0.25) is 0 Å². The number of rotatable bonds is 1. The van der Waals surface area contributed by atoms with E-state index in [9.17, 15) is 4.39 Å². The molecule has 0 bridgehead atoms. The van der Waals surface area contributed by atoms with E-state index in [-0.39, 0.29) is 11.9 Å². The minimum atomic E-state index is -0.179. The number of benzene rings is 2. The van der Waals surface area contributed by atoms with Gasteiger partial charge in [-0.3, -0.25) is 0 Å². The fourth-order valence-corrected chi connectivity index (χ4v) is 2.70. The molecule has 2 heteroatoms. The van der Waals surface area contributed by atoms with Crippen LogP contribution in [0.2, 0.25) is 0 Å². The standard InChI is InChI=1S/C16H16FN/c17-15-6-2-1-5-13(15)12-9-8-11-4-3-7-16(18)14(11)10-12/h1-2,5-6,8-10,16H,3-4,7,18H2. The molecule has 0 heterocycles. The first-order valence-corrected chi connectivity index (χ1v) is 6.39. The summed E-state index contributed by atoms with van der Waals surface area (Å²) in [5.41, 5.74) is 10.2. The van der Waals surface area contributed by atoms with Crippen LogP contribution in [0.15, 0.2) is 42.5 Å². The normalized spacial score (nSPS) is 18.4. The maximum absolute atomic E-state index is 13.8. The zero-order valence-electron chi connectivity index (χ0n) is 10.2. The second-order valence-electron chi connectivity index (χ2n) is 4.89. The van der Waals surface area contributed by atoms with Crippen LogP contribution in [-0.4, -0.2) is 0 Å². The van der Waals surface area contributed by atoms with E-state index in [2.05, 4.69) is 12.1 Å². The molecule has 0 aromatic heterocycles. The van der Waals surface area contributed by atoms with Crippen molar-refractivity contribution in [3.05, 3.63) is 59.4 Å². The van der Waals surface area contributed by atoms with Crippen LogP contribution in [0.3, 0.4) is 0 Å². The summed E-state index contributed by atoms with van der Waals surface area (Å²) in [7, 11) is 0. The Hall–Kier alpha value is -1.67. The summed E-state index contributed by atoms with van der Waals surface area (Å²) in [6.45, 7) is 0. The Morgan fingerprint density at radius 2 is 1.94 bits per heavy atom. The molecule has 0 aliphatic heterocycles. The highest BCUT2D eigenvalue weighted by Crippen LogP contribution is 2.32. The Kier molecular flexibility index (Phi) is 2.88. The third-order valence-electron chi connectivity index (χ3n) is 3.69. The van der Waals surface area contributed by atoms with Crippen LogP contribution in [0.4, 0.5) is 4.39 Å². The van der Waals surface area contributed by atoms with E-state index in [1.165, 1.54) is 17.2 Å². The molecule has 1 unspecified atom stereocenters. The lowest BCUT2D eigenvalue weighted by Gasteiger charge is -2.23. The largest absolute Gasteiger partial charge is 0.324 e. The van der Waals surface area contributed by atoms with Crippen molar-refractivity contribution in [1.29, 1.82) is 0 Å². The maximum atomic E-state index is 13.8. The van der Waals surface area contributed by atoms with E-state index >= 15 is 0 Å². The van der Waals surface area contributed by atoms with E-state index in [1.54, 1.807) is 6.07 Å². The number of halogens is 1. The van der Waals surface area contributed by atoms with E-state index in [1.807, 2.05) is 18.2 Å². The summed E-state index contributed by atoms with van der Waals surface area (Å²) in [6.07, 6.45) is 3.25. The highest BCUT2D eigenvalue weighted by atomic mass is 19.1. The van der Waals surface area contributed by atoms with E-state index in [4.69, 9.17) is 5.73 Å². The molecule has 0 spiro atoms. The number of fused-ring (bicyclic) bond motifs is 1. The number of hydrogen-bond donors (Lipinski definition) is 1. The summed E-state index contributed by atoms with van der Waals surface area (Å²) >= 11 is 0. The van der Waals surface area contributed by atoms with Gasteiger partial charge in [0.05, 0.1) is 0 Å². The molecule has 1 atom stereocenters. The molecule has 1 aliphatic rings. The van der Waals surface area contributed by atoms with Crippen LogP contribution in [0.25, 0.3) is 11.1 Å². The van der Waals surface area contributed by atoms with E-state index in [0.717, 1.165) is 24.8 Å². The molecule has 0 radical (unpaired) electrons. The van der Waals surface area contributed by atoms with Crippen molar-refractivity contribution in [2.24, 2.45) is 5.73 Å². The van der Waals surface area contributed by atoms with Gasteiger partial charge in [-0.2, -0.15) is 0 Å². The highest BCUT2D eigenvalue weighted by Gasteiger charge is 2.17. The minimum Gasteiger partial charge on any atom is -0.324 e. The average Bonchev–Trinajstić information content (AvgIpc) is 2.40. The first-order valence-electron chi connectivity index (χ1n) is 6.39. The molecule has 3 rings (SSSR count). The van der Waals surface area contributed by atoms with Gasteiger partial charge in [-0.25, -0.2) is 4.39 Å². The summed E-state index contributed by atoms with van der Waals surface area (Å²) in [5, 5.41) is 0. The average molecular weight is 241 g/mol. The third-order valence-corrected chi connectivity index (χ3v) is 3.69. The van der Waals surface area contributed by atoms with Crippen LogP contribution < -0.4 is 5.73 Å². The molecule has 2 aromatic rings. The molecule has 1 nitrogen and oxygen atoms in total. The van der Waals surface area contributed by atoms with Gasteiger partial charge < -0.3 is 5.73 Å². The van der Waals surface area contributed by atoms with Crippen molar-refractivity contribution in [2.75, 3.05) is 0 Å². The lowest BCUT2D eigenvalue weighted by molar-refractivity contribution is 0.570. The zero-order valence-corrected chi connectivity index (χ0v) is 10.2. The summed E-state index contributed by atoms with van der Waals surface area (Å²) in [6, 6.07) is 13.1. The Bertz CT molecular complexity index is 577. The van der Waals surface area contributed by atoms with Crippen LogP contribution >= 0.6 is 0 Å². The van der Waals surface area contributed by atoms with E-state index in [0.29, 0.717) is 5.56 Å². The zero-order chi connectivity index (χ0) is 12.5. The van der Waals surface area contributed by atoms with E-state index < -0.39 is 0 Å². The predicted molar refractivity (Wildman–Crippen MR) is 71.7 cm³/mol. The molecule has 92 valence electrons. The highest BCUT2D eigenvalue weighted by molar-refractivity contribution is 5.66.